The van der Waals surface area contributed by atoms with Gasteiger partial charge >= 0.3 is 5.97 Å². The molecule has 0 fully saturated rings. The molecule has 0 saturated carbocycles. The van der Waals surface area contributed by atoms with E-state index in [1.165, 1.54) is 18.9 Å². The summed E-state index contributed by atoms with van der Waals surface area (Å²) in [6.07, 6.45) is -0.0417. The first-order valence-electron chi connectivity index (χ1n) is 8.63. The van der Waals surface area contributed by atoms with E-state index in [1.54, 1.807) is 36.4 Å². The summed E-state index contributed by atoms with van der Waals surface area (Å²) < 4.78 is 5.57. The van der Waals surface area contributed by atoms with Crippen LogP contribution in [-0.2, 0) is 19.1 Å². The summed E-state index contributed by atoms with van der Waals surface area (Å²) in [4.78, 5) is 36.1. The number of rotatable bonds is 9. The van der Waals surface area contributed by atoms with Crippen molar-refractivity contribution >= 4 is 62.8 Å². The predicted molar refractivity (Wildman–Crippen MR) is 119 cm³/mol. The van der Waals surface area contributed by atoms with Gasteiger partial charge in [0.15, 0.2) is 0 Å². The summed E-state index contributed by atoms with van der Waals surface area (Å²) >= 11 is 10.7. The third-order valence-electron chi connectivity index (χ3n) is 3.79. The maximum absolute atomic E-state index is 12.3. The van der Waals surface area contributed by atoms with Gasteiger partial charge in [-0.15, -0.1) is 11.8 Å². The monoisotopic (exact) mass is 498 g/mol. The molecule has 0 aliphatic rings. The molecule has 0 aliphatic heterocycles. The maximum atomic E-state index is 12.3. The fourth-order valence-electron chi connectivity index (χ4n) is 2.48. The molecule has 0 radical (unpaired) electrons. The quantitative estimate of drug-likeness (QED) is 0.505. The Labute approximate surface area is 186 Å². The fraction of sp³-hybridized carbons (Fsp3) is 0.250. The first-order valence-corrected chi connectivity index (χ1v) is 11.0. The molecule has 6 nitrogen and oxygen atoms in total. The zero-order chi connectivity index (χ0) is 21.2. The smallest absolute Gasteiger partial charge is 0.307 e. The molecule has 0 spiro atoms. The van der Waals surface area contributed by atoms with Crippen molar-refractivity contribution in [1.29, 1.82) is 0 Å². The minimum Gasteiger partial charge on any atom is -0.469 e. The zero-order valence-corrected chi connectivity index (χ0v) is 18.8. The molecule has 2 rings (SSSR count). The highest BCUT2D eigenvalue weighted by Gasteiger charge is 2.21. The second-order valence-corrected chi connectivity index (χ2v) is 8.28. The summed E-state index contributed by atoms with van der Waals surface area (Å²) in [5, 5.41) is 6.00. The van der Waals surface area contributed by atoms with Gasteiger partial charge in [0.25, 0.3) is 0 Å². The van der Waals surface area contributed by atoms with Crippen molar-refractivity contribution in [1.82, 2.24) is 5.32 Å². The Morgan fingerprint density at radius 2 is 1.83 bits per heavy atom. The normalized spacial score (nSPS) is 11.4. The van der Waals surface area contributed by atoms with E-state index in [0.717, 1.165) is 4.47 Å². The molecule has 0 bridgehead atoms. The summed E-state index contributed by atoms with van der Waals surface area (Å²) in [5.74, 6) is -0.796. The van der Waals surface area contributed by atoms with Gasteiger partial charge in [0.2, 0.25) is 11.8 Å². The number of halogens is 2. The van der Waals surface area contributed by atoms with Crippen LogP contribution in [0.4, 0.5) is 5.69 Å². The SMILES string of the molecule is COC(=O)CC(NC(=O)CSCC(=O)Nc1cccc(Br)c1)c1ccccc1Cl. The van der Waals surface area contributed by atoms with Crippen LogP contribution in [0.15, 0.2) is 53.0 Å². The topological polar surface area (TPSA) is 84.5 Å². The van der Waals surface area contributed by atoms with Crippen LogP contribution in [0.3, 0.4) is 0 Å². The number of methoxy groups -OCH3 is 1. The number of benzene rings is 2. The Balaban J connectivity index is 1.87. The van der Waals surface area contributed by atoms with Gasteiger partial charge in [0.05, 0.1) is 31.1 Å². The Morgan fingerprint density at radius 3 is 2.52 bits per heavy atom. The Hall–Kier alpha value is -2.03. The fourth-order valence-corrected chi connectivity index (χ4v) is 3.78. The number of esters is 1. The van der Waals surface area contributed by atoms with Gasteiger partial charge in [0, 0.05) is 15.2 Å². The van der Waals surface area contributed by atoms with Crippen LogP contribution in [-0.4, -0.2) is 36.4 Å². The van der Waals surface area contributed by atoms with Gasteiger partial charge in [-0.2, -0.15) is 0 Å². The van der Waals surface area contributed by atoms with E-state index in [1.807, 2.05) is 12.1 Å². The average molecular weight is 500 g/mol. The molecule has 2 aromatic carbocycles. The van der Waals surface area contributed by atoms with Crippen molar-refractivity contribution in [3.63, 3.8) is 0 Å². The van der Waals surface area contributed by atoms with Crippen LogP contribution in [0.2, 0.25) is 5.02 Å². The van der Waals surface area contributed by atoms with E-state index in [2.05, 4.69) is 26.6 Å². The van der Waals surface area contributed by atoms with Crippen molar-refractivity contribution in [2.45, 2.75) is 12.5 Å². The lowest BCUT2D eigenvalue weighted by atomic mass is 10.0. The molecule has 29 heavy (non-hydrogen) atoms. The highest BCUT2D eigenvalue weighted by Crippen LogP contribution is 2.25. The van der Waals surface area contributed by atoms with Gasteiger partial charge in [-0.3, -0.25) is 14.4 Å². The molecule has 154 valence electrons. The molecule has 0 heterocycles. The number of carbonyl (C=O) groups excluding carboxylic acids is 3. The first kappa shape index (κ1) is 23.3. The summed E-state index contributed by atoms with van der Waals surface area (Å²) in [6, 6.07) is 13.6. The highest BCUT2D eigenvalue weighted by molar-refractivity contribution is 9.10. The van der Waals surface area contributed by atoms with Crippen molar-refractivity contribution in [2.75, 3.05) is 23.9 Å². The van der Waals surface area contributed by atoms with Crippen LogP contribution in [0.25, 0.3) is 0 Å². The van der Waals surface area contributed by atoms with Crippen LogP contribution in [0.5, 0.6) is 0 Å². The minimum atomic E-state index is -0.611. The number of hydrogen-bond donors (Lipinski definition) is 2. The maximum Gasteiger partial charge on any atom is 0.307 e. The van der Waals surface area contributed by atoms with E-state index < -0.39 is 12.0 Å². The predicted octanol–water partition coefficient (Wildman–Crippen LogP) is 4.19. The molecule has 2 N–H and O–H groups in total. The van der Waals surface area contributed by atoms with Crippen LogP contribution in [0, 0.1) is 0 Å². The highest BCUT2D eigenvalue weighted by atomic mass is 79.9. The number of nitrogens with one attached hydrogen (secondary N) is 2. The number of ether oxygens (including phenoxy) is 1. The van der Waals surface area contributed by atoms with E-state index >= 15 is 0 Å². The van der Waals surface area contributed by atoms with Gasteiger partial charge in [-0.05, 0) is 29.8 Å². The molecule has 0 aromatic heterocycles. The number of hydrogen-bond acceptors (Lipinski definition) is 5. The largest absolute Gasteiger partial charge is 0.469 e. The van der Waals surface area contributed by atoms with Crippen molar-refractivity contribution in [3.05, 3.63) is 63.6 Å². The molecule has 1 atom stereocenters. The number of thioether (sulfide) groups is 1. The van der Waals surface area contributed by atoms with Gasteiger partial charge in [0.1, 0.15) is 0 Å². The van der Waals surface area contributed by atoms with Crippen molar-refractivity contribution in [2.24, 2.45) is 0 Å². The van der Waals surface area contributed by atoms with Gasteiger partial charge < -0.3 is 15.4 Å². The van der Waals surface area contributed by atoms with Gasteiger partial charge in [-0.25, -0.2) is 0 Å². The first-order chi connectivity index (χ1) is 13.9. The Bertz CT molecular complexity index is 881. The number of anilines is 1. The van der Waals surface area contributed by atoms with Crippen molar-refractivity contribution < 1.29 is 19.1 Å². The van der Waals surface area contributed by atoms with Crippen LogP contribution >= 0.6 is 39.3 Å². The second-order valence-electron chi connectivity index (χ2n) is 5.97. The summed E-state index contributed by atoms with van der Waals surface area (Å²) in [6.45, 7) is 0. The van der Waals surface area contributed by atoms with Crippen LogP contribution < -0.4 is 10.6 Å². The molecular formula is C20H20BrClN2O4S. The second kappa shape index (κ2) is 11.8. The lowest BCUT2D eigenvalue weighted by Crippen LogP contribution is -2.32. The number of amides is 2. The Kier molecular flexibility index (Phi) is 9.50. The summed E-state index contributed by atoms with van der Waals surface area (Å²) in [7, 11) is 1.29. The van der Waals surface area contributed by atoms with Crippen molar-refractivity contribution in [3.8, 4) is 0 Å². The average Bonchev–Trinajstić information content (AvgIpc) is 2.67. The molecule has 0 aliphatic carbocycles. The standard InChI is InChI=1S/C20H20BrClN2O4S/c1-28-20(27)10-17(15-7-2-3-8-16(15)22)24-19(26)12-29-11-18(25)23-14-6-4-5-13(21)9-14/h2-9,17H,10-12H2,1H3,(H,23,25)(H,24,26). The molecular weight excluding hydrogens is 480 g/mol. The van der Waals surface area contributed by atoms with Gasteiger partial charge in [-0.1, -0.05) is 51.8 Å². The van der Waals surface area contributed by atoms with E-state index in [0.29, 0.717) is 16.3 Å². The van der Waals surface area contributed by atoms with E-state index in [-0.39, 0.29) is 29.7 Å². The molecule has 9 heteroatoms. The zero-order valence-electron chi connectivity index (χ0n) is 15.6. The molecule has 1 unspecified atom stereocenters. The van der Waals surface area contributed by atoms with E-state index in [9.17, 15) is 14.4 Å². The lowest BCUT2D eigenvalue weighted by Gasteiger charge is -2.19. The third kappa shape index (κ3) is 8.08. The lowest BCUT2D eigenvalue weighted by molar-refractivity contribution is -0.141. The number of carbonyl (C=O) groups is 3. The molecule has 0 saturated heterocycles. The van der Waals surface area contributed by atoms with E-state index in [4.69, 9.17) is 16.3 Å². The molecule has 2 aromatic rings. The Morgan fingerprint density at radius 1 is 1.10 bits per heavy atom. The third-order valence-corrected chi connectivity index (χ3v) is 5.56. The molecule has 2 amide bonds. The minimum absolute atomic E-state index is 0.0417. The van der Waals surface area contributed by atoms with Crippen LogP contribution in [0.1, 0.15) is 18.0 Å². The summed E-state index contributed by atoms with van der Waals surface area (Å²) in [5.41, 5.74) is 1.30.